The average Bonchev–Trinajstić information content (AvgIpc) is 2.96. The van der Waals surface area contributed by atoms with E-state index in [2.05, 4.69) is 16.1 Å². The van der Waals surface area contributed by atoms with E-state index in [1.807, 2.05) is 53.2 Å². The van der Waals surface area contributed by atoms with Crippen LogP contribution in [0.3, 0.4) is 0 Å². The van der Waals surface area contributed by atoms with Crippen LogP contribution in [0.2, 0.25) is 0 Å². The second kappa shape index (κ2) is 7.21. The molecule has 0 saturated carbocycles. The van der Waals surface area contributed by atoms with E-state index < -0.39 is 0 Å². The Bertz CT molecular complexity index is 760. The molecule has 0 bridgehead atoms. The molecular formula is C20H26N4O2. The molecule has 0 aliphatic carbocycles. The predicted octanol–water partition coefficient (Wildman–Crippen LogP) is 2.21. The Morgan fingerprint density at radius 1 is 1.15 bits per heavy atom. The van der Waals surface area contributed by atoms with Gasteiger partial charge in [-0.3, -0.25) is 14.4 Å². The quantitative estimate of drug-likeness (QED) is 0.848. The molecule has 2 fully saturated rings. The van der Waals surface area contributed by atoms with E-state index in [0.717, 1.165) is 44.6 Å². The molecule has 1 unspecified atom stereocenters. The van der Waals surface area contributed by atoms with Gasteiger partial charge in [-0.15, -0.1) is 0 Å². The molecule has 0 N–H and O–H groups in total. The summed E-state index contributed by atoms with van der Waals surface area (Å²) in [6, 6.07) is 12.0. The van der Waals surface area contributed by atoms with Gasteiger partial charge in [-0.1, -0.05) is 18.2 Å². The van der Waals surface area contributed by atoms with Crippen molar-refractivity contribution < 1.29 is 9.53 Å². The van der Waals surface area contributed by atoms with Gasteiger partial charge in [-0.25, -0.2) is 0 Å². The summed E-state index contributed by atoms with van der Waals surface area (Å²) in [6.07, 6.45) is 4.86. The monoisotopic (exact) mass is 354 g/mol. The molecule has 6 heteroatoms. The third-order valence-corrected chi connectivity index (χ3v) is 5.62. The Kier molecular flexibility index (Phi) is 4.78. The van der Waals surface area contributed by atoms with Crippen LogP contribution in [-0.2, 0) is 23.1 Å². The number of amides is 1. The van der Waals surface area contributed by atoms with Crippen molar-refractivity contribution in [1.82, 2.24) is 14.7 Å². The first kappa shape index (κ1) is 17.2. The lowest BCUT2D eigenvalue weighted by Crippen LogP contribution is -2.55. The molecule has 0 radical (unpaired) electrons. The van der Waals surface area contributed by atoms with Crippen molar-refractivity contribution in [2.24, 2.45) is 7.05 Å². The number of likely N-dealkylation sites (tertiary alicyclic amines) is 1. The first-order chi connectivity index (χ1) is 12.7. The summed E-state index contributed by atoms with van der Waals surface area (Å²) in [5.74, 6) is 0.0535. The Labute approximate surface area is 154 Å². The molecule has 1 amide bonds. The number of carbonyl (C=O) groups is 1. The van der Waals surface area contributed by atoms with Crippen LogP contribution in [0.5, 0.6) is 0 Å². The van der Waals surface area contributed by atoms with Crippen molar-refractivity contribution in [3.8, 4) is 0 Å². The SMILES string of the molecule is Cn1nccc1CN1CCCC2(CC1)CN(c1ccccc1)C(=O)CO2. The van der Waals surface area contributed by atoms with Crippen molar-refractivity contribution in [3.63, 3.8) is 0 Å². The number of anilines is 1. The molecule has 138 valence electrons. The summed E-state index contributed by atoms with van der Waals surface area (Å²) in [5, 5.41) is 4.26. The summed E-state index contributed by atoms with van der Waals surface area (Å²) in [6.45, 7) is 3.76. The van der Waals surface area contributed by atoms with Gasteiger partial charge < -0.3 is 9.64 Å². The maximum atomic E-state index is 12.4. The molecule has 26 heavy (non-hydrogen) atoms. The minimum atomic E-state index is -0.231. The van der Waals surface area contributed by atoms with Crippen molar-refractivity contribution in [2.45, 2.75) is 31.4 Å². The van der Waals surface area contributed by atoms with Crippen LogP contribution in [-0.4, -0.2) is 52.4 Å². The fourth-order valence-corrected chi connectivity index (χ4v) is 4.03. The van der Waals surface area contributed by atoms with Gasteiger partial charge in [0.05, 0.1) is 17.8 Å². The van der Waals surface area contributed by atoms with E-state index in [4.69, 9.17) is 4.74 Å². The van der Waals surface area contributed by atoms with Crippen molar-refractivity contribution in [3.05, 3.63) is 48.3 Å². The van der Waals surface area contributed by atoms with Crippen LogP contribution in [0.25, 0.3) is 0 Å². The van der Waals surface area contributed by atoms with E-state index in [1.54, 1.807) is 0 Å². The van der Waals surface area contributed by atoms with Gasteiger partial charge in [0.25, 0.3) is 5.91 Å². The Hall–Kier alpha value is -2.18. The number of aryl methyl sites for hydroxylation is 1. The first-order valence-corrected chi connectivity index (χ1v) is 9.34. The number of ether oxygens (including phenoxy) is 1. The number of hydrogen-bond donors (Lipinski definition) is 0. The fraction of sp³-hybridized carbons (Fsp3) is 0.500. The lowest BCUT2D eigenvalue weighted by Gasteiger charge is -2.42. The lowest BCUT2D eigenvalue weighted by molar-refractivity contribution is -0.140. The number of para-hydroxylation sites is 1. The second-order valence-corrected chi connectivity index (χ2v) is 7.36. The maximum Gasteiger partial charge on any atom is 0.253 e. The maximum absolute atomic E-state index is 12.4. The van der Waals surface area contributed by atoms with Gasteiger partial charge >= 0.3 is 0 Å². The molecule has 2 aliphatic rings. The van der Waals surface area contributed by atoms with Crippen LogP contribution >= 0.6 is 0 Å². The highest BCUT2D eigenvalue weighted by atomic mass is 16.5. The zero-order valence-electron chi connectivity index (χ0n) is 15.3. The molecular weight excluding hydrogens is 328 g/mol. The highest BCUT2D eigenvalue weighted by molar-refractivity contribution is 5.95. The Morgan fingerprint density at radius 2 is 2.00 bits per heavy atom. The van der Waals surface area contributed by atoms with Crippen LogP contribution in [0.1, 0.15) is 25.0 Å². The van der Waals surface area contributed by atoms with Gasteiger partial charge in [-0.2, -0.15) is 5.10 Å². The van der Waals surface area contributed by atoms with Gasteiger partial charge in [0.15, 0.2) is 0 Å². The number of carbonyl (C=O) groups excluding carboxylic acids is 1. The van der Waals surface area contributed by atoms with Crippen LogP contribution in [0, 0.1) is 0 Å². The van der Waals surface area contributed by atoms with Crippen LogP contribution in [0.15, 0.2) is 42.6 Å². The van der Waals surface area contributed by atoms with Gasteiger partial charge in [0, 0.05) is 32.0 Å². The molecule has 2 saturated heterocycles. The molecule has 2 aromatic rings. The summed E-state index contributed by atoms with van der Waals surface area (Å²) < 4.78 is 8.06. The topological polar surface area (TPSA) is 50.6 Å². The third-order valence-electron chi connectivity index (χ3n) is 5.62. The third kappa shape index (κ3) is 3.52. The standard InChI is InChI=1S/C20H26N4O2/c1-22-18(8-11-21-22)14-23-12-5-9-20(10-13-23)16-24(19(25)15-26-20)17-6-3-2-4-7-17/h2-4,6-8,11H,5,9-10,12-16H2,1H3. The van der Waals surface area contributed by atoms with E-state index >= 15 is 0 Å². The fourth-order valence-electron chi connectivity index (χ4n) is 4.03. The number of benzene rings is 1. The molecule has 1 aromatic heterocycles. The van der Waals surface area contributed by atoms with Crippen molar-refractivity contribution >= 4 is 11.6 Å². The number of nitrogens with zero attached hydrogens (tertiary/aromatic N) is 4. The van der Waals surface area contributed by atoms with Crippen LogP contribution < -0.4 is 4.90 Å². The van der Waals surface area contributed by atoms with E-state index in [-0.39, 0.29) is 18.1 Å². The molecule has 1 atom stereocenters. The summed E-state index contributed by atoms with van der Waals surface area (Å²) >= 11 is 0. The summed E-state index contributed by atoms with van der Waals surface area (Å²) in [7, 11) is 1.99. The smallest absolute Gasteiger partial charge is 0.253 e. The van der Waals surface area contributed by atoms with Gasteiger partial charge in [-0.05, 0) is 44.0 Å². The predicted molar refractivity (Wildman–Crippen MR) is 99.8 cm³/mol. The average molecular weight is 354 g/mol. The van der Waals surface area contributed by atoms with E-state index in [1.165, 1.54) is 5.69 Å². The number of aromatic nitrogens is 2. The molecule has 2 aliphatic heterocycles. The van der Waals surface area contributed by atoms with Gasteiger partial charge in [0.1, 0.15) is 6.61 Å². The summed E-state index contributed by atoms with van der Waals surface area (Å²) in [4.78, 5) is 16.8. The normalized spacial score (nSPS) is 24.8. The molecule has 1 aromatic carbocycles. The second-order valence-electron chi connectivity index (χ2n) is 7.36. The van der Waals surface area contributed by atoms with Crippen molar-refractivity contribution in [2.75, 3.05) is 31.1 Å². The zero-order valence-corrected chi connectivity index (χ0v) is 15.3. The van der Waals surface area contributed by atoms with Crippen molar-refractivity contribution in [1.29, 1.82) is 0 Å². The largest absolute Gasteiger partial charge is 0.363 e. The van der Waals surface area contributed by atoms with Gasteiger partial charge in [0.2, 0.25) is 0 Å². The lowest BCUT2D eigenvalue weighted by atomic mass is 9.92. The first-order valence-electron chi connectivity index (χ1n) is 9.34. The summed E-state index contributed by atoms with van der Waals surface area (Å²) in [5.41, 5.74) is 1.97. The minimum absolute atomic E-state index is 0.0535. The molecule has 4 rings (SSSR count). The number of morpholine rings is 1. The minimum Gasteiger partial charge on any atom is -0.363 e. The van der Waals surface area contributed by atoms with Crippen LogP contribution in [0.4, 0.5) is 5.69 Å². The molecule has 3 heterocycles. The molecule has 6 nitrogen and oxygen atoms in total. The Balaban J connectivity index is 1.45. The van der Waals surface area contributed by atoms with E-state index in [0.29, 0.717) is 6.54 Å². The molecule has 1 spiro atoms. The highest BCUT2D eigenvalue weighted by Crippen LogP contribution is 2.33. The highest BCUT2D eigenvalue weighted by Gasteiger charge is 2.41. The Morgan fingerprint density at radius 3 is 2.77 bits per heavy atom. The number of hydrogen-bond acceptors (Lipinski definition) is 4. The number of rotatable bonds is 3. The van der Waals surface area contributed by atoms with E-state index in [9.17, 15) is 4.79 Å². The zero-order chi connectivity index (χ0) is 18.0.